The molecule has 0 aromatic heterocycles. The molecule has 1 N–H and O–H groups in total. The second-order valence-corrected chi connectivity index (χ2v) is 6.01. The molecule has 0 heterocycles. The lowest BCUT2D eigenvalue weighted by Gasteiger charge is -2.24. The van der Waals surface area contributed by atoms with Gasteiger partial charge in [0.25, 0.3) is 0 Å². The van der Waals surface area contributed by atoms with Gasteiger partial charge in [0.15, 0.2) is 11.5 Å². The molecular formula is C18H30N2O2. The van der Waals surface area contributed by atoms with Crippen molar-refractivity contribution in [1.82, 2.24) is 10.2 Å². The highest BCUT2D eigenvalue weighted by Crippen LogP contribution is 2.28. The van der Waals surface area contributed by atoms with Gasteiger partial charge in [0.1, 0.15) is 0 Å². The van der Waals surface area contributed by atoms with E-state index in [2.05, 4.69) is 29.4 Å². The summed E-state index contributed by atoms with van der Waals surface area (Å²) in [5, 5.41) is 3.52. The van der Waals surface area contributed by atoms with Gasteiger partial charge in [-0.3, -0.25) is 0 Å². The summed E-state index contributed by atoms with van der Waals surface area (Å²) in [6, 6.07) is 6.94. The average Bonchev–Trinajstić information content (AvgIpc) is 3.06. The number of nitrogens with zero attached hydrogens (tertiary/aromatic N) is 1. The molecule has 22 heavy (non-hydrogen) atoms. The third-order valence-electron chi connectivity index (χ3n) is 4.45. The van der Waals surface area contributed by atoms with Crippen LogP contribution in [0.4, 0.5) is 0 Å². The standard InChI is InChI=1S/C18H30N2O2/c1-4-22-18-13-15(9-10-17(18)21-3)14-19-11-12-20(2)16-7-5-6-8-16/h9-10,13,16,19H,4-8,11-12,14H2,1-3H3. The molecule has 1 fully saturated rings. The molecule has 0 unspecified atom stereocenters. The fraction of sp³-hybridized carbons (Fsp3) is 0.667. The summed E-state index contributed by atoms with van der Waals surface area (Å²) in [5.41, 5.74) is 1.23. The van der Waals surface area contributed by atoms with Crippen LogP contribution in [0.2, 0.25) is 0 Å². The fourth-order valence-electron chi connectivity index (χ4n) is 3.12. The summed E-state index contributed by atoms with van der Waals surface area (Å²) in [4.78, 5) is 2.50. The van der Waals surface area contributed by atoms with Crippen molar-refractivity contribution in [1.29, 1.82) is 0 Å². The van der Waals surface area contributed by atoms with Crippen LogP contribution in [0.25, 0.3) is 0 Å². The average molecular weight is 306 g/mol. The van der Waals surface area contributed by atoms with E-state index in [4.69, 9.17) is 9.47 Å². The van der Waals surface area contributed by atoms with Crippen molar-refractivity contribution in [2.75, 3.05) is 33.9 Å². The number of nitrogens with one attached hydrogen (secondary N) is 1. The van der Waals surface area contributed by atoms with Crippen molar-refractivity contribution in [3.63, 3.8) is 0 Å². The van der Waals surface area contributed by atoms with Crippen LogP contribution in [0, 0.1) is 0 Å². The molecule has 0 spiro atoms. The molecule has 1 saturated carbocycles. The van der Waals surface area contributed by atoms with Gasteiger partial charge in [-0.05, 0) is 44.5 Å². The number of rotatable bonds is 9. The van der Waals surface area contributed by atoms with Gasteiger partial charge in [-0.15, -0.1) is 0 Å². The van der Waals surface area contributed by atoms with Gasteiger partial charge in [-0.2, -0.15) is 0 Å². The highest BCUT2D eigenvalue weighted by atomic mass is 16.5. The summed E-state index contributed by atoms with van der Waals surface area (Å²) in [6.07, 6.45) is 5.53. The topological polar surface area (TPSA) is 33.7 Å². The minimum Gasteiger partial charge on any atom is -0.493 e. The molecule has 124 valence electrons. The Morgan fingerprint density at radius 2 is 2.00 bits per heavy atom. The van der Waals surface area contributed by atoms with E-state index in [1.165, 1.54) is 31.2 Å². The number of methoxy groups -OCH3 is 1. The molecular weight excluding hydrogens is 276 g/mol. The second kappa shape index (κ2) is 9.01. The number of likely N-dealkylation sites (N-methyl/N-ethyl adjacent to an activating group) is 1. The Morgan fingerprint density at radius 1 is 1.23 bits per heavy atom. The maximum Gasteiger partial charge on any atom is 0.161 e. The van der Waals surface area contributed by atoms with Gasteiger partial charge >= 0.3 is 0 Å². The molecule has 1 aliphatic carbocycles. The molecule has 0 bridgehead atoms. The predicted octanol–water partition coefficient (Wildman–Crippen LogP) is 3.06. The lowest BCUT2D eigenvalue weighted by Crippen LogP contribution is -2.35. The van der Waals surface area contributed by atoms with Gasteiger partial charge < -0.3 is 19.7 Å². The van der Waals surface area contributed by atoms with E-state index in [1.807, 2.05) is 13.0 Å². The first-order chi connectivity index (χ1) is 10.7. The molecule has 0 saturated heterocycles. The second-order valence-electron chi connectivity index (χ2n) is 6.01. The van der Waals surface area contributed by atoms with Crippen LogP contribution >= 0.6 is 0 Å². The van der Waals surface area contributed by atoms with E-state index >= 15 is 0 Å². The van der Waals surface area contributed by atoms with Crippen molar-refractivity contribution < 1.29 is 9.47 Å². The summed E-state index contributed by atoms with van der Waals surface area (Å²) in [7, 11) is 3.92. The van der Waals surface area contributed by atoms with Crippen LogP contribution in [0.5, 0.6) is 11.5 Å². The first-order valence-corrected chi connectivity index (χ1v) is 8.45. The minimum absolute atomic E-state index is 0.652. The van der Waals surface area contributed by atoms with Crippen LogP contribution in [0.1, 0.15) is 38.2 Å². The van der Waals surface area contributed by atoms with Crippen molar-refractivity contribution in [3.8, 4) is 11.5 Å². The Kier molecular flexibility index (Phi) is 7.00. The Morgan fingerprint density at radius 3 is 2.68 bits per heavy atom. The van der Waals surface area contributed by atoms with Gasteiger partial charge in [0.05, 0.1) is 13.7 Å². The van der Waals surface area contributed by atoms with Crippen LogP contribution in [0.15, 0.2) is 18.2 Å². The highest BCUT2D eigenvalue weighted by molar-refractivity contribution is 5.42. The number of hydrogen-bond acceptors (Lipinski definition) is 4. The van der Waals surface area contributed by atoms with Crippen LogP contribution in [-0.2, 0) is 6.54 Å². The van der Waals surface area contributed by atoms with Crippen molar-refractivity contribution in [3.05, 3.63) is 23.8 Å². The highest BCUT2D eigenvalue weighted by Gasteiger charge is 2.18. The molecule has 1 aliphatic rings. The lowest BCUT2D eigenvalue weighted by atomic mass is 10.2. The van der Waals surface area contributed by atoms with Crippen molar-refractivity contribution >= 4 is 0 Å². The SMILES string of the molecule is CCOc1cc(CNCCN(C)C2CCCC2)ccc1OC. The molecule has 0 amide bonds. The number of ether oxygens (including phenoxy) is 2. The van der Waals surface area contributed by atoms with E-state index in [9.17, 15) is 0 Å². The summed E-state index contributed by atoms with van der Waals surface area (Å²) in [6.45, 7) is 5.63. The minimum atomic E-state index is 0.652. The molecule has 0 aliphatic heterocycles. The van der Waals surface area contributed by atoms with E-state index in [1.54, 1.807) is 7.11 Å². The first kappa shape index (κ1) is 17.1. The monoisotopic (exact) mass is 306 g/mol. The van der Waals surface area contributed by atoms with Gasteiger partial charge in [-0.1, -0.05) is 18.9 Å². The van der Waals surface area contributed by atoms with Crippen LogP contribution in [0.3, 0.4) is 0 Å². The normalized spacial score (nSPS) is 15.5. The molecule has 0 atom stereocenters. The Balaban J connectivity index is 1.75. The van der Waals surface area contributed by atoms with E-state index in [0.29, 0.717) is 6.61 Å². The summed E-state index contributed by atoms with van der Waals surface area (Å²) in [5.74, 6) is 1.62. The largest absolute Gasteiger partial charge is 0.493 e. The molecule has 1 aromatic rings. The molecule has 0 radical (unpaired) electrons. The number of hydrogen-bond donors (Lipinski definition) is 1. The zero-order chi connectivity index (χ0) is 15.8. The predicted molar refractivity (Wildman–Crippen MR) is 90.8 cm³/mol. The molecule has 4 heteroatoms. The third-order valence-corrected chi connectivity index (χ3v) is 4.45. The van der Waals surface area contributed by atoms with Gasteiger partial charge in [-0.25, -0.2) is 0 Å². The van der Waals surface area contributed by atoms with Crippen molar-refractivity contribution in [2.24, 2.45) is 0 Å². The Labute approximate surface area is 134 Å². The quantitative estimate of drug-likeness (QED) is 0.711. The van der Waals surface area contributed by atoms with E-state index in [-0.39, 0.29) is 0 Å². The summed E-state index contributed by atoms with van der Waals surface area (Å²) < 4.78 is 10.9. The fourth-order valence-corrected chi connectivity index (χ4v) is 3.12. The number of benzene rings is 1. The smallest absolute Gasteiger partial charge is 0.161 e. The maximum atomic E-state index is 5.62. The van der Waals surface area contributed by atoms with E-state index in [0.717, 1.165) is 37.2 Å². The first-order valence-electron chi connectivity index (χ1n) is 8.45. The zero-order valence-electron chi connectivity index (χ0n) is 14.2. The third kappa shape index (κ3) is 4.89. The van der Waals surface area contributed by atoms with Gasteiger partial charge in [0.2, 0.25) is 0 Å². The zero-order valence-corrected chi connectivity index (χ0v) is 14.2. The molecule has 1 aromatic carbocycles. The van der Waals surface area contributed by atoms with Gasteiger partial charge in [0, 0.05) is 25.7 Å². The van der Waals surface area contributed by atoms with Crippen LogP contribution < -0.4 is 14.8 Å². The Bertz CT molecular complexity index is 445. The summed E-state index contributed by atoms with van der Waals surface area (Å²) >= 11 is 0. The van der Waals surface area contributed by atoms with E-state index < -0.39 is 0 Å². The lowest BCUT2D eigenvalue weighted by molar-refractivity contribution is 0.245. The van der Waals surface area contributed by atoms with Crippen molar-refractivity contribution in [2.45, 2.75) is 45.2 Å². The Hall–Kier alpha value is -1.26. The molecule has 2 rings (SSSR count). The molecule has 4 nitrogen and oxygen atoms in total. The van der Waals surface area contributed by atoms with Crippen LogP contribution in [-0.4, -0.2) is 44.8 Å². The maximum absolute atomic E-state index is 5.62.